The number of para-hydroxylation sites is 2. The second-order valence-corrected chi connectivity index (χ2v) is 7.75. The summed E-state index contributed by atoms with van der Waals surface area (Å²) in [5.41, 5.74) is 1.83. The minimum Gasteiger partial charge on any atom is -0.466 e. The van der Waals surface area contributed by atoms with Crippen molar-refractivity contribution in [1.29, 1.82) is 0 Å². The second kappa shape index (κ2) is 7.64. The van der Waals surface area contributed by atoms with Crippen molar-refractivity contribution in [3.05, 3.63) is 48.5 Å². The van der Waals surface area contributed by atoms with Crippen LogP contribution in [0.2, 0.25) is 0 Å². The lowest BCUT2D eigenvalue weighted by Crippen LogP contribution is -2.46. The van der Waals surface area contributed by atoms with Gasteiger partial charge in [0.15, 0.2) is 0 Å². The molecule has 2 aromatic carbocycles. The number of hydrogen-bond donors (Lipinski definition) is 0. The molecule has 27 heavy (non-hydrogen) atoms. The lowest BCUT2D eigenvalue weighted by molar-refractivity contribution is -0.149. The van der Waals surface area contributed by atoms with Crippen LogP contribution in [0, 0.1) is 5.92 Å². The number of ether oxygens (including phenoxy) is 1. The fraction of sp³-hybridized carbons (Fsp3) is 0.333. The topological polar surface area (TPSA) is 49.9 Å². The minimum atomic E-state index is -0.144. The van der Waals surface area contributed by atoms with E-state index in [1.807, 2.05) is 65.3 Å². The number of nitrogens with zero attached hydrogens (tertiary/aromatic N) is 2. The Labute approximate surface area is 163 Å². The van der Waals surface area contributed by atoms with Gasteiger partial charge in [-0.1, -0.05) is 36.0 Å². The van der Waals surface area contributed by atoms with Crippen molar-refractivity contribution in [1.82, 2.24) is 4.90 Å². The number of benzene rings is 2. The molecular weight excluding hydrogens is 360 g/mol. The highest BCUT2D eigenvalue weighted by Crippen LogP contribution is 2.48. The number of piperidine rings is 1. The maximum absolute atomic E-state index is 13.4. The third kappa shape index (κ3) is 3.41. The van der Waals surface area contributed by atoms with Gasteiger partial charge in [0.05, 0.1) is 23.9 Å². The molecule has 0 atom stereocenters. The zero-order valence-corrected chi connectivity index (χ0v) is 16.1. The number of esters is 1. The van der Waals surface area contributed by atoms with E-state index in [-0.39, 0.29) is 17.9 Å². The van der Waals surface area contributed by atoms with E-state index in [2.05, 4.69) is 0 Å². The maximum Gasteiger partial charge on any atom is 0.329 e. The van der Waals surface area contributed by atoms with Crippen molar-refractivity contribution in [3.63, 3.8) is 0 Å². The molecule has 2 heterocycles. The van der Waals surface area contributed by atoms with Gasteiger partial charge in [0.2, 0.25) is 0 Å². The Morgan fingerprint density at radius 1 is 1.00 bits per heavy atom. The molecule has 5 nitrogen and oxygen atoms in total. The average molecular weight is 382 g/mol. The summed E-state index contributed by atoms with van der Waals surface area (Å²) in [6.07, 6.45) is 1.30. The summed E-state index contributed by atoms with van der Waals surface area (Å²) < 4.78 is 5.13. The predicted molar refractivity (Wildman–Crippen MR) is 105 cm³/mol. The van der Waals surface area contributed by atoms with Gasteiger partial charge >= 0.3 is 12.0 Å². The Hall–Kier alpha value is -2.47. The van der Waals surface area contributed by atoms with Crippen molar-refractivity contribution in [3.8, 4) is 0 Å². The van der Waals surface area contributed by atoms with Crippen LogP contribution in [-0.4, -0.2) is 36.6 Å². The fourth-order valence-corrected chi connectivity index (χ4v) is 4.68. The van der Waals surface area contributed by atoms with E-state index in [0.717, 1.165) is 21.2 Å². The summed E-state index contributed by atoms with van der Waals surface area (Å²) in [6, 6.07) is 15.9. The van der Waals surface area contributed by atoms with Gasteiger partial charge in [-0.05, 0) is 44.0 Å². The monoisotopic (exact) mass is 382 g/mol. The summed E-state index contributed by atoms with van der Waals surface area (Å²) in [7, 11) is 0. The lowest BCUT2D eigenvalue weighted by Gasteiger charge is -2.37. The molecule has 2 amide bonds. The Morgan fingerprint density at radius 3 is 2.11 bits per heavy atom. The third-order valence-corrected chi connectivity index (χ3v) is 6.14. The first kappa shape index (κ1) is 17.9. The summed E-state index contributed by atoms with van der Waals surface area (Å²) in [6.45, 7) is 3.35. The molecule has 1 fully saturated rings. The molecule has 0 N–H and O–H groups in total. The molecule has 0 aliphatic carbocycles. The second-order valence-electron chi connectivity index (χ2n) is 6.67. The number of anilines is 2. The molecule has 2 aliphatic heterocycles. The van der Waals surface area contributed by atoms with E-state index in [1.165, 1.54) is 0 Å². The molecule has 0 radical (unpaired) electrons. The molecule has 0 unspecified atom stereocenters. The number of likely N-dealkylation sites (tertiary alicyclic amines) is 1. The van der Waals surface area contributed by atoms with Crippen molar-refractivity contribution in [2.24, 2.45) is 5.92 Å². The highest BCUT2D eigenvalue weighted by molar-refractivity contribution is 7.99. The van der Waals surface area contributed by atoms with Gasteiger partial charge in [0.25, 0.3) is 0 Å². The summed E-state index contributed by atoms with van der Waals surface area (Å²) in [5, 5.41) is 0. The normalized spacial score (nSPS) is 16.5. The molecular formula is C21H22N2O3S. The van der Waals surface area contributed by atoms with Crippen LogP contribution >= 0.6 is 11.8 Å². The molecule has 0 aromatic heterocycles. The van der Waals surface area contributed by atoms with Crippen molar-refractivity contribution in [2.75, 3.05) is 24.6 Å². The lowest BCUT2D eigenvalue weighted by atomic mass is 9.97. The quantitative estimate of drug-likeness (QED) is 0.708. The Bertz CT molecular complexity index is 817. The average Bonchev–Trinajstić information content (AvgIpc) is 2.72. The van der Waals surface area contributed by atoms with Crippen LogP contribution in [0.4, 0.5) is 16.2 Å². The number of amides is 2. The van der Waals surface area contributed by atoms with E-state index >= 15 is 0 Å². The van der Waals surface area contributed by atoms with Crippen LogP contribution in [0.1, 0.15) is 19.8 Å². The van der Waals surface area contributed by atoms with Crippen LogP contribution in [0.3, 0.4) is 0 Å². The molecule has 6 heteroatoms. The number of hydrogen-bond acceptors (Lipinski definition) is 4. The molecule has 2 aliphatic rings. The summed E-state index contributed by atoms with van der Waals surface area (Å²) >= 11 is 1.69. The van der Waals surface area contributed by atoms with Gasteiger partial charge in [-0.3, -0.25) is 9.69 Å². The van der Waals surface area contributed by atoms with Gasteiger partial charge in [0.1, 0.15) is 0 Å². The van der Waals surface area contributed by atoms with Gasteiger partial charge in [-0.2, -0.15) is 0 Å². The summed E-state index contributed by atoms with van der Waals surface area (Å²) in [5.74, 6) is -0.250. The fourth-order valence-electron chi connectivity index (χ4n) is 3.62. The Kier molecular flexibility index (Phi) is 5.07. The van der Waals surface area contributed by atoms with Crippen molar-refractivity contribution in [2.45, 2.75) is 29.6 Å². The zero-order chi connectivity index (χ0) is 18.8. The SMILES string of the molecule is CCOC(=O)C1CCN(C(=O)N2c3ccccc3Sc3ccccc32)CC1. The number of rotatable bonds is 2. The van der Waals surface area contributed by atoms with Gasteiger partial charge < -0.3 is 9.64 Å². The standard InChI is InChI=1S/C21H22N2O3S/c1-2-26-20(24)15-11-13-22(14-12-15)21(25)23-16-7-3-5-9-18(16)27-19-10-6-4-8-17(19)23/h3-10,15H,2,11-14H2,1H3. The predicted octanol–water partition coefficient (Wildman–Crippen LogP) is 4.68. The van der Waals surface area contributed by atoms with Crippen LogP contribution < -0.4 is 4.90 Å². The smallest absolute Gasteiger partial charge is 0.329 e. The highest BCUT2D eigenvalue weighted by atomic mass is 32.2. The Balaban J connectivity index is 1.57. The van der Waals surface area contributed by atoms with Crippen LogP contribution in [-0.2, 0) is 9.53 Å². The molecule has 4 rings (SSSR count). The molecule has 0 spiro atoms. The minimum absolute atomic E-state index is 0.0301. The van der Waals surface area contributed by atoms with Crippen LogP contribution in [0.25, 0.3) is 0 Å². The number of fused-ring (bicyclic) bond motifs is 2. The van der Waals surface area contributed by atoms with E-state index in [1.54, 1.807) is 11.8 Å². The number of carbonyl (C=O) groups is 2. The first-order chi connectivity index (χ1) is 13.2. The van der Waals surface area contributed by atoms with E-state index in [4.69, 9.17) is 4.74 Å². The largest absolute Gasteiger partial charge is 0.466 e. The molecule has 1 saturated heterocycles. The third-order valence-electron chi connectivity index (χ3n) is 5.01. The Morgan fingerprint density at radius 2 is 1.56 bits per heavy atom. The molecule has 2 aromatic rings. The van der Waals surface area contributed by atoms with E-state index in [0.29, 0.717) is 32.5 Å². The van der Waals surface area contributed by atoms with Gasteiger partial charge in [-0.15, -0.1) is 0 Å². The summed E-state index contributed by atoms with van der Waals surface area (Å²) in [4.78, 5) is 31.2. The highest BCUT2D eigenvalue weighted by Gasteiger charge is 2.34. The van der Waals surface area contributed by atoms with Gasteiger partial charge in [0, 0.05) is 22.9 Å². The van der Waals surface area contributed by atoms with Crippen LogP contribution in [0.5, 0.6) is 0 Å². The van der Waals surface area contributed by atoms with E-state index in [9.17, 15) is 9.59 Å². The zero-order valence-electron chi connectivity index (χ0n) is 15.3. The maximum atomic E-state index is 13.4. The van der Waals surface area contributed by atoms with Gasteiger partial charge in [-0.25, -0.2) is 4.79 Å². The number of urea groups is 1. The van der Waals surface area contributed by atoms with E-state index < -0.39 is 0 Å². The number of carbonyl (C=O) groups excluding carboxylic acids is 2. The van der Waals surface area contributed by atoms with Crippen molar-refractivity contribution >= 4 is 35.1 Å². The first-order valence-electron chi connectivity index (χ1n) is 9.30. The molecule has 0 saturated carbocycles. The first-order valence-corrected chi connectivity index (χ1v) is 10.1. The molecule has 140 valence electrons. The van der Waals surface area contributed by atoms with Crippen LogP contribution in [0.15, 0.2) is 58.3 Å². The van der Waals surface area contributed by atoms with Crippen molar-refractivity contribution < 1.29 is 14.3 Å². The molecule has 0 bridgehead atoms.